The molecule has 0 amide bonds. The Morgan fingerprint density at radius 2 is 1.14 bits per heavy atom. The third-order valence-electron chi connectivity index (χ3n) is 4.36. The first-order chi connectivity index (χ1) is 14.1. The lowest BCUT2D eigenvalue weighted by molar-refractivity contribution is 0.415. The van der Waals surface area contributed by atoms with Gasteiger partial charge in [-0.25, -0.2) is 0 Å². The fourth-order valence-corrected chi connectivity index (χ4v) is 3.51. The zero-order valence-corrected chi connectivity index (χ0v) is 18.5. The molecule has 4 aromatic rings. The highest BCUT2D eigenvalue weighted by molar-refractivity contribution is 7.80. The van der Waals surface area contributed by atoms with Crippen molar-refractivity contribution in [3.8, 4) is 28.0 Å². The Kier molecular flexibility index (Phi) is 7.70. The van der Waals surface area contributed by atoms with Gasteiger partial charge in [0.25, 0.3) is 0 Å². The highest BCUT2D eigenvalue weighted by Gasteiger charge is 2.02. The Morgan fingerprint density at radius 1 is 0.621 bits per heavy atom. The van der Waals surface area contributed by atoms with Crippen molar-refractivity contribution >= 4 is 36.9 Å². The lowest BCUT2D eigenvalue weighted by atomic mass is 10.1. The van der Waals surface area contributed by atoms with Crippen LogP contribution >= 0.6 is 36.9 Å². The third-order valence-corrected chi connectivity index (χ3v) is 5.37. The molecular weight excluding hydrogens is 416 g/mol. The van der Waals surface area contributed by atoms with Crippen LogP contribution in [-0.4, -0.2) is 7.11 Å². The second kappa shape index (κ2) is 10.4. The molecule has 0 unspecified atom stereocenters. The monoisotopic (exact) mass is 436 g/mol. The van der Waals surface area contributed by atoms with Gasteiger partial charge in [-0.2, -0.15) is 0 Å². The summed E-state index contributed by atoms with van der Waals surface area (Å²) in [5, 5.41) is 0.777. The summed E-state index contributed by atoms with van der Waals surface area (Å²) in [4.78, 5) is 1.95. The van der Waals surface area contributed by atoms with Crippen molar-refractivity contribution in [1.29, 1.82) is 0 Å². The normalized spacial score (nSPS) is 10.1. The molecule has 0 aliphatic rings. The predicted molar refractivity (Wildman–Crippen MR) is 130 cm³/mol. The highest BCUT2D eigenvalue weighted by Crippen LogP contribution is 2.28. The minimum Gasteiger partial charge on any atom is -0.497 e. The van der Waals surface area contributed by atoms with Crippen molar-refractivity contribution in [3.05, 3.63) is 102 Å². The number of hydrogen-bond donors (Lipinski definition) is 2. The average molecular weight is 437 g/mol. The standard InChI is InChI=1S/C13H12OS.C12H9ClS/c1-14-11-8-6-10(7-9-11)12-4-2-3-5-13(12)15;13-12-4-2-1-3-11(12)9-5-7-10(14)8-6-9/h2-9,15H,1H3;1-8,14H. The van der Waals surface area contributed by atoms with Gasteiger partial charge < -0.3 is 4.74 Å². The van der Waals surface area contributed by atoms with E-state index in [4.69, 9.17) is 16.3 Å². The first-order valence-corrected chi connectivity index (χ1v) is 10.3. The number of hydrogen-bond acceptors (Lipinski definition) is 3. The summed E-state index contributed by atoms with van der Waals surface area (Å²) in [6.07, 6.45) is 0. The van der Waals surface area contributed by atoms with Crippen LogP contribution in [0.15, 0.2) is 107 Å². The van der Waals surface area contributed by atoms with Gasteiger partial charge in [-0.15, -0.1) is 25.3 Å². The molecule has 0 spiro atoms. The topological polar surface area (TPSA) is 9.23 Å². The lowest BCUT2D eigenvalue weighted by Gasteiger charge is -2.05. The minimum absolute atomic E-state index is 0.777. The van der Waals surface area contributed by atoms with E-state index in [1.807, 2.05) is 91.0 Å². The van der Waals surface area contributed by atoms with Crippen LogP contribution in [0.3, 0.4) is 0 Å². The summed E-state index contributed by atoms with van der Waals surface area (Å²) in [6, 6.07) is 31.8. The van der Waals surface area contributed by atoms with Crippen LogP contribution in [0.25, 0.3) is 22.3 Å². The van der Waals surface area contributed by atoms with Crippen LogP contribution in [0.4, 0.5) is 0 Å². The van der Waals surface area contributed by atoms with Gasteiger partial charge in [-0.1, -0.05) is 72.3 Å². The van der Waals surface area contributed by atoms with Crippen LogP contribution in [-0.2, 0) is 0 Å². The zero-order chi connectivity index (χ0) is 20.6. The quantitative estimate of drug-likeness (QED) is 0.310. The van der Waals surface area contributed by atoms with E-state index >= 15 is 0 Å². The molecule has 0 aliphatic carbocycles. The Morgan fingerprint density at radius 3 is 1.72 bits per heavy atom. The van der Waals surface area contributed by atoms with E-state index in [9.17, 15) is 0 Å². The third kappa shape index (κ3) is 5.83. The van der Waals surface area contributed by atoms with Crippen molar-refractivity contribution in [2.24, 2.45) is 0 Å². The number of benzene rings is 4. The Bertz CT molecular complexity index is 1060. The second-order valence-electron chi connectivity index (χ2n) is 6.27. The van der Waals surface area contributed by atoms with Gasteiger partial charge in [0.1, 0.15) is 5.75 Å². The van der Waals surface area contributed by atoms with Crippen molar-refractivity contribution in [3.63, 3.8) is 0 Å². The summed E-state index contributed by atoms with van der Waals surface area (Å²) < 4.78 is 5.12. The molecule has 4 rings (SSSR count). The largest absolute Gasteiger partial charge is 0.497 e. The summed E-state index contributed by atoms with van der Waals surface area (Å²) in [7, 11) is 1.67. The van der Waals surface area contributed by atoms with Crippen LogP contribution in [0.2, 0.25) is 5.02 Å². The van der Waals surface area contributed by atoms with Gasteiger partial charge in [-0.3, -0.25) is 0 Å². The van der Waals surface area contributed by atoms with E-state index in [0.717, 1.165) is 42.8 Å². The van der Waals surface area contributed by atoms with Crippen LogP contribution in [0, 0.1) is 0 Å². The maximum Gasteiger partial charge on any atom is 0.118 e. The molecule has 0 saturated heterocycles. The van der Waals surface area contributed by atoms with Gasteiger partial charge in [0.2, 0.25) is 0 Å². The Hall–Kier alpha value is -2.33. The number of ether oxygens (including phenoxy) is 1. The van der Waals surface area contributed by atoms with E-state index < -0.39 is 0 Å². The van der Waals surface area contributed by atoms with E-state index in [2.05, 4.69) is 31.3 Å². The maximum atomic E-state index is 6.08. The summed E-state index contributed by atoms with van der Waals surface area (Å²) >= 11 is 14.7. The molecule has 1 nitrogen and oxygen atoms in total. The SMILES string of the molecule is COc1ccc(-c2ccccc2S)cc1.Sc1ccc(-c2ccccc2Cl)cc1. The zero-order valence-electron chi connectivity index (χ0n) is 15.9. The molecule has 0 bridgehead atoms. The molecule has 146 valence electrons. The predicted octanol–water partition coefficient (Wildman–Crippen LogP) is 7.95. The van der Waals surface area contributed by atoms with E-state index in [1.165, 1.54) is 0 Å². The number of methoxy groups -OCH3 is 1. The molecule has 0 heterocycles. The Labute approximate surface area is 188 Å². The fourth-order valence-electron chi connectivity index (χ4n) is 2.82. The van der Waals surface area contributed by atoms with Crippen LogP contribution < -0.4 is 4.74 Å². The molecule has 0 saturated carbocycles. The van der Waals surface area contributed by atoms with Gasteiger partial charge in [0.15, 0.2) is 0 Å². The smallest absolute Gasteiger partial charge is 0.118 e. The van der Waals surface area contributed by atoms with E-state index in [1.54, 1.807) is 7.11 Å². The molecule has 0 aliphatic heterocycles. The molecule has 4 aromatic carbocycles. The van der Waals surface area contributed by atoms with Crippen LogP contribution in [0.5, 0.6) is 5.75 Å². The van der Waals surface area contributed by atoms with Gasteiger partial charge in [-0.05, 0) is 53.1 Å². The van der Waals surface area contributed by atoms with Gasteiger partial charge in [0.05, 0.1) is 7.11 Å². The second-order valence-corrected chi connectivity index (χ2v) is 7.68. The number of thiol groups is 2. The molecule has 0 fully saturated rings. The summed E-state index contributed by atoms with van der Waals surface area (Å²) in [5.41, 5.74) is 4.47. The van der Waals surface area contributed by atoms with Crippen molar-refractivity contribution in [2.75, 3.05) is 7.11 Å². The first-order valence-electron chi connectivity index (χ1n) is 9.05. The summed E-state index contributed by atoms with van der Waals surface area (Å²) in [6.45, 7) is 0. The van der Waals surface area contributed by atoms with Crippen LogP contribution in [0.1, 0.15) is 0 Å². The Balaban J connectivity index is 0.000000166. The molecule has 0 radical (unpaired) electrons. The van der Waals surface area contributed by atoms with Crippen molar-refractivity contribution in [1.82, 2.24) is 0 Å². The molecule has 0 aromatic heterocycles. The van der Waals surface area contributed by atoms with Crippen molar-refractivity contribution in [2.45, 2.75) is 9.79 Å². The molecule has 0 atom stereocenters. The minimum atomic E-state index is 0.777. The molecular formula is C25H21ClOS2. The fraction of sp³-hybridized carbons (Fsp3) is 0.0400. The van der Waals surface area contributed by atoms with Gasteiger partial charge in [0, 0.05) is 20.4 Å². The maximum absolute atomic E-state index is 6.08. The molecule has 4 heteroatoms. The highest BCUT2D eigenvalue weighted by atomic mass is 35.5. The average Bonchev–Trinajstić information content (AvgIpc) is 2.76. The van der Waals surface area contributed by atoms with Gasteiger partial charge >= 0.3 is 0 Å². The first kappa shape index (κ1) is 21.4. The number of rotatable bonds is 3. The molecule has 0 N–H and O–H groups in total. The van der Waals surface area contributed by atoms with Crippen molar-refractivity contribution < 1.29 is 4.74 Å². The van der Waals surface area contributed by atoms with E-state index in [-0.39, 0.29) is 0 Å². The van der Waals surface area contributed by atoms with E-state index in [0.29, 0.717) is 0 Å². The molecule has 29 heavy (non-hydrogen) atoms. The number of halogens is 1. The summed E-state index contributed by atoms with van der Waals surface area (Å²) in [5.74, 6) is 0.871. The lowest BCUT2D eigenvalue weighted by Crippen LogP contribution is -1.83.